The molecule has 0 aromatic carbocycles. The van der Waals surface area contributed by atoms with Gasteiger partial charge in [0.2, 0.25) is 0 Å². The fraction of sp³-hybridized carbons (Fsp3) is 1.00. The summed E-state index contributed by atoms with van der Waals surface area (Å²) in [4.78, 5) is 0. The molecule has 39 valence electrons. The normalized spacial score (nSPS) is 15.2. The van der Waals surface area contributed by atoms with E-state index >= 15 is 0 Å². The molecule has 5 heavy (non-hydrogen) atoms. The number of hydrogen-bond donors (Lipinski definition) is 0. The molecule has 0 amide bonds. The Morgan fingerprint density at radius 3 is 1.20 bits per heavy atom. The maximum absolute atomic E-state index is 2.86. The summed E-state index contributed by atoms with van der Waals surface area (Å²) in [5.41, 5.74) is 0. The van der Waals surface area contributed by atoms with Crippen LogP contribution in [0.5, 0.6) is 0 Å². The van der Waals surface area contributed by atoms with Crippen molar-refractivity contribution in [2.24, 2.45) is 0 Å². The second-order valence-corrected chi connectivity index (χ2v) is 14.6. The Balaban J connectivity index is 3.02. The molecule has 0 radical (unpaired) electrons. The van der Waals surface area contributed by atoms with Gasteiger partial charge in [-0.2, -0.15) is 0 Å². The molecule has 0 saturated heterocycles. The van der Waals surface area contributed by atoms with Gasteiger partial charge in [0.05, 0.1) is 0 Å². The van der Waals surface area contributed by atoms with Crippen LogP contribution < -0.4 is 0 Å². The van der Waals surface area contributed by atoms with Crippen LogP contribution in [0.25, 0.3) is 0 Å². The monoisotopic (exact) mass is 185 g/mol. The molecule has 0 N–H and O–H groups in total. The Morgan fingerprint density at radius 1 is 1.20 bits per heavy atom. The van der Waals surface area contributed by atoms with Crippen molar-refractivity contribution in [2.75, 3.05) is 0 Å². The third-order valence-electron chi connectivity index (χ3n) is 0. The molecule has 0 rings (SSSR count). The van der Waals surface area contributed by atoms with Crippen LogP contribution in [-0.2, 0) is 16.6 Å². The predicted molar refractivity (Wildman–Crippen MR) is 27.3 cm³/mol. The molecule has 0 spiro atoms. The van der Waals surface area contributed by atoms with Gasteiger partial charge in [-0.3, -0.25) is 0 Å². The number of hydrogen-bond acceptors (Lipinski definition) is 0. The fourth-order valence-electron chi connectivity index (χ4n) is 0. The summed E-state index contributed by atoms with van der Waals surface area (Å²) < 4.78 is 0. The molecule has 0 heterocycles. The van der Waals surface area contributed by atoms with Crippen molar-refractivity contribution in [3.8, 4) is 0 Å². The van der Waals surface area contributed by atoms with Gasteiger partial charge in [0.15, 0.2) is 0 Å². The van der Waals surface area contributed by atoms with Crippen LogP contribution in [0.4, 0.5) is 0 Å². The van der Waals surface area contributed by atoms with E-state index in [1.54, 1.807) is 0 Å². The zero-order chi connectivity index (χ0) is 4.50. The van der Waals surface area contributed by atoms with E-state index in [1.165, 1.54) is 0 Å². The molecule has 1 atom stereocenters. The molecule has 0 aliphatic carbocycles. The topological polar surface area (TPSA) is 0 Å². The van der Waals surface area contributed by atoms with Crippen molar-refractivity contribution in [1.82, 2.24) is 0 Å². The SMILES string of the molecule is [CH3][Ag]([CH3])([CH3])[PH2]. The van der Waals surface area contributed by atoms with Gasteiger partial charge in [-0.25, -0.2) is 0 Å². The van der Waals surface area contributed by atoms with Crippen LogP contribution in [0, 0.1) is 0 Å². The zero-order valence-electron chi connectivity index (χ0n) is 3.88. The maximum atomic E-state index is 2.86. The van der Waals surface area contributed by atoms with E-state index in [4.69, 9.17) is 0 Å². The van der Waals surface area contributed by atoms with E-state index in [2.05, 4.69) is 22.6 Å². The van der Waals surface area contributed by atoms with E-state index in [1.807, 2.05) is 0 Å². The second kappa shape index (κ2) is 1.75. The average Bonchev–Trinajstić information content (AvgIpc) is 0.722. The van der Waals surface area contributed by atoms with Gasteiger partial charge in [0.25, 0.3) is 0 Å². The summed E-state index contributed by atoms with van der Waals surface area (Å²) in [5.74, 6) is 0. The van der Waals surface area contributed by atoms with Gasteiger partial charge in [0, 0.05) is 0 Å². The second-order valence-electron chi connectivity index (χ2n) is 1.43. The van der Waals surface area contributed by atoms with Crippen molar-refractivity contribution in [3.63, 3.8) is 0 Å². The zero-order valence-corrected chi connectivity index (χ0v) is 6.52. The standard InChI is InChI=1S/3CH3.Ag.H2P/h3*1H3;;1H2/q;;;+1;-1. The molecule has 2 heteroatoms. The van der Waals surface area contributed by atoms with E-state index in [0.717, 1.165) is 0 Å². The minimum atomic E-state index is -0.703. The molecule has 0 bridgehead atoms. The number of rotatable bonds is 0. The van der Waals surface area contributed by atoms with Crippen molar-refractivity contribution in [3.05, 3.63) is 0 Å². The van der Waals surface area contributed by atoms with E-state index in [9.17, 15) is 0 Å². The van der Waals surface area contributed by atoms with Crippen LogP contribution in [0.1, 0.15) is 0 Å². The molecule has 0 aliphatic heterocycles. The first-order valence-corrected chi connectivity index (χ1v) is 8.44. The van der Waals surface area contributed by atoms with Crippen molar-refractivity contribution in [1.29, 1.82) is 0 Å². The van der Waals surface area contributed by atoms with Crippen LogP contribution in [0.3, 0.4) is 0 Å². The summed E-state index contributed by atoms with van der Waals surface area (Å²) in [6.45, 7) is 0. The third kappa shape index (κ3) is 37.9. The Labute approximate surface area is 39.5 Å². The Kier molecular flexibility index (Phi) is 2.16. The molecule has 0 saturated carbocycles. The first-order chi connectivity index (χ1) is 2.00. The van der Waals surface area contributed by atoms with Gasteiger partial charge in [-0.1, -0.05) is 0 Å². The van der Waals surface area contributed by atoms with E-state index in [-0.39, 0.29) is 0 Å². The molecular weight excluding hydrogens is 175 g/mol. The Bertz CT molecular complexity index is 22.4. The molecule has 0 nitrogen and oxygen atoms in total. The quantitative estimate of drug-likeness (QED) is 0.401. The van der Waals surface area contributed by atoms with Gasteiger partial charge >= 0.3 is 39.2 Å². The molecule has 0 aromatic rings. The van der Waals surface area contributed by atoms with Gasteiger partial charge in [-0.15, -0.1) is 0 Å². The summed E-state index contributed by atoms with van der Waals surface area (Å²) in [6.07, 6.45) is 0. The van der Waals surface area contributed by atoms with Gasteiger partial charge in [0.1, 0.15) is 0 Å². The molecule has 1 unspecified atom stereocenters. The molecule has 0 aromatic heterocycles. The summed E-state index contributed by atoms with van der Waals surface area (Å²) >= 11 is -0.703. The predicted octanol–water partition coefficient (Wildman–Crippen LogP) is 2.07. The van der Waals surface area contributed by atoms with Crippen LogP contribution in [0.15, 0.2) is 0 Å². The average molecular weight is 186 g/mol. The summed E-state index contributed by atoms with van der Waals surface area (Å²) in [7, 11) is 2.86. The summed E-state index contributed by atoms with van der Waals surface area (Å²) in [6, 6.07) is 0. The minimum absolute atomic E-state index is 0.703. The van der Waals surface area contributed by atoms with Gasteiger partial charge < -0.3 is 0 Å². The van der Waals surface area contributed by atoms with E-state index in [0.29, 0.717) is 0 Å². The molecule has 0 fully saturated rings. The first kappa shape index (κ1) is 6.17. The van der Waals surface area contributed by atoms with Crippen LogP contribution in [0.2, 0.25) is 15.4 Å². The van der Waals surface area contributed by atoms with Gasteiger partial charge in [-0.05, 0) is 0 Å². The van der Waals surface area contributed by atoms with Crippen LogP contribution in [-0.4, -0.2) is 0 Å². The van der Waals surface area contributed by atoms with E-state index < -0.39 is 16.6 Å². The fourth-order valence-corrected chi connectivity index (χ4v) is 0. The van der Waals surface area contributed by atoms with Crippen molar-refractivity contribution < 1.29 is 16.6 Å². The molecular formula is C3H11AgP. The first-order valence-electron chi connectivity index (χ1n) is 1.08. The Hall–Kier alpha value is 1.17. The summed E-state index contributed by atoms with van der Waals surface area (Å²) in [5, 5.41) is 6.87. The third-order valence-corrected chi connectivity index (χ3v) is 0. The van der Waals surface area contributed by atoms with Crippen molar-refractivity contribution in [2.45, 2.75) is 15.4 Å². The molecule has 0 aliphatic rings. The Morgan fingerprint density at radius 2 is 1.20 bits per heavy atom. The van der Waals surface area contributed by atoms with Crippen LogP contribution >= 0.6 is 7.13 Å². The van der Waals surface area contributed by atoms with Crippen molar-refractivity contribution >= 4 is 7.13 Å².